The number of methoxy groups -OCH3 is 1. The number of halogens is 3. The van der Waals surface area contributed by atoms with Crippen molar-refractivity contribution in [3.05, 3.63) is 105 Å². The summed E-state index contributed by atoms with van der Waals surface area (Å²) in [5.41, 5.74) is 3.41. The predicted octanol–water partition coefficient (Wildman–Crippen LogP) is 7.89. The first-order chi connectivity index (χ1) is 17.7. The lowest BCUT2D eigenvalue weighted by molar-refractivity contribution is -0.139. The van der Waals surface area contributed by atoms with Crippen molar-refractivity contribution in [1.29, 1.82) is 0 Å². The van der Waals surface area contributed by atoms with E-state index in [1.807, 2.05) is 37.3 Å². The first-order valence-corrected chi connectivity index (χ1v) is 12.9. The van der Waals surface area contributed by atoms with Gasteiger partial charge in [-0.25, -0.2) is 9.18 Å². The highest BCUT2D eigenvalue weighted by atomic mass is 79.9. The average Bonchev–Trinajstić information content (AvgIpc) is 2.87. The summed E-state index contributed by atoms with van der Waals surface area (Å²) in [5, 5.41) is 9.90. The maximum absolute atomic E-state index is 13.8. The second-order valence-electron chi connectivity index (χ2n) is 9.08. The van der Waals surface area contributed by atoms with E-state index in [2.05, 4.69) is 22.5 Å². The van der Waals surface area contributed by atoms with E-state index in [0.717, 1.165) is 21.2 Å². The van der Waals surface area contributed by atoms with Crippen LogP contribution in [0.4, 0.5) is 4.39 Å². The summed E-state index contributed by atoms with van der Waals surface area (Å²) in [6.45, 7) is 5.66. The van der Waals surface area contributed by atoms with Crippen molar-refractivity contribution in [1.82, 2.24) is 0 Å². The van der Waals surface area contributed by atoms with Gasteiger partial charge in [-0.05, 0) is 60.9 Å². The molecule has 0 aliphatic carbocycles. The Morgan fingerprint density at radius 1 is 1.14 bits per heavy atom. The minimum atomic E-state index is -1.11. The molecule has 194 valence electrons. The van der Waals surface area contributed by atoms with Gasteiger partial charge in [0.2, 0.25) is 0 Å². The maximum atomic E-state index is 13.8. The van der Waals surface area contributed by atoms with E-state index < -0.39 is 24.8 Å². The van der Waals surface area contributed by atoms with Gasteiger partial charge in [0, 0.05) is 26.9 Å². The summed E-state index contributed by atoms with van der Waals surface area (Å²) in [6.07, 6.45) is -0.289. The highest BCUT2D eigenvalue weighted by Gasteiger charge is 2.42. The first-order valence-electron chi connectivity index (χ1n) is 11.7. The van der Waals surface area contributed by atoms with Gasteiger partial charge in [-0.15, -0.1) is 0 Å². The minimum absolute atomic E-state index is 0.0712. The molecular weight excluding hydrogens is 563 g/mol. The number of carbonyl (C=O) groups is 1. The van der Waals surface area contributed by atoms with Crippen LogP contribution in [0.3, 0.4) is 0 Å². The number of aliphatic carboxylic acids is 1. The molecule has 1 N–H and O–H groups in total. The SMILES string of the molecule is C=C(C)[C@H]1C[C@H](c2ccc(Cl)cc2)[C@H](c2ccc(F)cc2)O[C@@H]1c1cc(Br)cc(OC)c1OCC(=O)O. The largest absolute Gasteiger partial charge is 0.493 e. The van der Waals surface area contributed by atoms with Crippen LogP contribution in [-0.2, 0) is 9.53 Å². The summed E-state index contributed by atoms with van der Waals surface area (Å²) in [5.74, 6) is -0.967. The Morgan fingerprint density at radius 3 is 2.38 bits per heavy atom. The van der Waals surface area contributed by atoms with Gasteiger partial charge in [-0.2, -0.15) is 0 Å². The van der Waals surface area contributed by atoms with Crippen LogP contribution in [-0.4, -0.2) is 24.8 Å². The fourth-order valence-corrected chi connectivity index (χ4v) is 5.42. The Morgan fingerprint density at radius 2 is 1.78 bits per heavy atom. The number of rotatable bonds is 8. The molecule has 4 rings (SSSR count). The van der Waals surface area contributed by atoms with Crippen molar-refractivity contribution in [2.45, 2.75) is 31.5 Å². The first kappa shape index (κ1) is 27.2. The van der Waals surface area contributed by atoms with Gasteiger partial charge in [0.15, 0.2) is 18.1 Å². The van der Waals surface area contributed by atoms with Crippen LogP contribution >= 0.6 is 27.5 Å². The van der Waals surface area contributed by atoms with Crippen LogP contribution in [0, 0.1) is 11.7 Å². The predicted molar refractivity (Wildman–Crippen MR) is 144 cm³/mol. The lowest BCUT2D eigenvalue weighted by atomic mass is 9.74. The molecule has 3 aromatic rings. The van der Waals surface area contributed by atoms with Gasteiger partial charge in [0.1, 0.15) is 5.82 Å². The lowest BCUT2D eigenvalue weighted by Gasteiger charge is -2.43. The van der Waals surface area contributed by atoms with E-state index in [-0.39, 0.29) is 17.7 Å². The maximum Gasteiger partial charge on any atom is 0.341 e. The van der Waals surface area contributed by atoms with Crippen LogP contribution in [0.25, 0.3) is 0 Å². The Bertz CT molecular complexity index is 1280. The fraction of sp³-hybridized carbons (Fsp3) is 0.276. The number of benzene rings is 3. The van der Waals surface area contributed by atoms with Gasteiger partial charge in [-0.3, -0.25) is 0 Å². The van der Waals surface area contributed by atoms with E-state index >= 15 is 0 Å². The quantitative estimate of drug-likeness (QED) is 0.271. The molecule has 1 fully saturated rings. The normalized spacial score (nSPS) is 21.3. The van der Waals surface area contributed by atoms with Crippen molar-refractivity contribution in [2.24, 2.45) is 5.92 Å². The van der Waals surface area contributed by atoms with E-state index in [4.69, 9.17) is 25.8 Å². The number of carboxylic acids is 1. The lowest BCUT2D eigenvalue weighted by Crippen LogP contribution is -2.32. The number of hydrogen-bond acceptors (Lipinski definition) is 4. The highest BCUT2D eigenvalue weighted by molar-refractivity contribution is 9.10. The van der Waals surface area contributed by atoms with Gasteiger partial charge >= 0.3 is 5.97 Å². The molecule has 8 heteroatoms. The van der Waals surface area contributed by atoms with Crippen molar-refractivity contribution < 1.29 is 28.5 Å². The molecule has 1 heterocycles. The molecule has 1 aliphatic rings. The monoisotopic (exact) mass is 588 g/mol. The van der Waals surface area contributed by atoms with E-state index in [1.54, 1.807) is 18.2 Å². The van der Waals surface area contributed by atoms with E-state index in [1.165, 1.54) is 19.2 Å². The third kappa shape index (κ3) is 6.17. The van der Waals surface area contributed by atoms with Crippen molar-refractivity contribution in [3.63, 3.8) is 0 Å². The van der Waals surface area contributed by atoms with Gasteiger partial charge in [0.25, 0.3) is 0 Å². The molecule has 3 aromatic carbocycles. The topological polar surface area (TPSA) is 65.0 Å². The summed E-state index contributed by atoms with van der Waals surface area (Å²) < 4.78 is 32.6. The van der Waals surface area contributed by atoms with Crippen LogP contribution < -0.4 is 9.47 Å². The van der Waals surface area contributed by atoms with Crippen molar-refractivity contribution in [2.75, 3.05) is 13.7 Å². The van der Waals surface area contributed by atoms with Crippen molar-refractivity contribution in [3.8, 4) is 11.5 Å². The molecular formula is C29H27BrClFO5. The highest BCUT2D eigenvalue weighted by Crippen LogP contribution is 2.54. The molecule has 0 bridgehead atoms. The van der Waals surface area contributed by atoms with Crippen molar-refractivity contribution >= 4 is 33.5 Å². The number of carboxylic acid groups (broad SMARTS) is 1. The third-order valence-electron chi connectivity index (χ3n) is 6.58. The molecule has 0 amide bonds. The zero-order valence-electron chi connectivity index (χ0n) is 20.4. The fourth-order valence-electron chi connectivity index (χ4n) is 4.84. The second-order valence-corrected chi connectivity index (χ2v) is 10.4. The molecule has 37 heavy (non-hydrogen) atoms. The Balaban J connectivity index is 1.85. The molecule has 4 atom stereocenters. The summed E-state index contributed by atoms with van der Waals surface area (Å²) in [7, 11) is 1.50. The van der Waals surface area contributed by atoms with E-state index in [9.17, 15) is 14.3 Å². The Kier molecular flexibility index (Phi) is 8.57. The van der Waals surface area contributed by atoms with Crippen LogP contribution in [0.5, 0.6) is 11.5 Å². The Labute approximate surface area is 228 Å². The molecule has 5 nitrogen and oxygen atoms in total. The molecule has 1 saturated heterocycles. The van der Waals surface area contributed by atoms with Crippen LogP contribution in [0.1, 0.15) is 48.2 Å². The van der Waals surface area contributed by atoms with Gasteiger partial charge < -0.3 is 19.3 Å². The Hall–Kier alpha value is -2.87. The third-order valence-corrected chi connectivity index (χ3v) is 7.29. The summed E-state index contributed by atoms with van der Waals surface area (Å²) >= 11 is 9.69. The smallest absolute Gasteiger partial charge is 0.341 e. The zero-order valence-corrected chi connectivity index (χ0v) is 22.8. The summed E-state index contributed by atoms with van der Waals surface area (Å²) in [6, 6.07) is 17.5. The molecule has 0 saturated carbocycles. The summed E-state index contributed by atoms with van der Waals surface area (Å²) in [4.78, 5) is 11.3. The molecule has 0 aromatic heterocycles. The molecule has 0 unspecified atom stereocenters. The minimum Gasteiger partial charge on any atom is -0.493 e. The molecule has 1 aliphatic heterocycles. The average molecular weight is 590 g/mol. The molecule has 0 spiro atoms. The zero-order chi connectivity index (χ0) is 26.7. The van der Waals surface area contributed by atoms with E-state index in [0.29, 0.717) is 28.5 Å². The standard InChI is InChI=1S/C29H27BrClFO5/c1-16(2)22-14-23(17-4-8-20(31)9-5-17)27(18-6-10-21(32)11-7-18)37-28(22)24-12-19(30)13-25(35-3)29(24)36-15-26(33)34/h4-13,22-23,27-28H,1,14-15H2,2-3H3,(H,33,34)/t22-,23-,27+,28+/m1/s1. The number of ether oxygens (including phenoxy) is 3. The van der Waals surface area contributed by atoms with Gasteiger partial charge in [-0.1, -0.05) is 63.9 Å². The van der Waals surface area contributed by atoms with Crippen LogP contribution in [0.2, 0.25) is 5.02 Å². The van der Waals surface area contributed by atoms with Gasteiger partial charge in [0.05, 0.1) is 19.3 Å². The number of hydrogen-bond donors (Lipinski definition) is 1. The second kappa shape index (κ2) is 11.7. The van der Waals surface area contributed by atoms with Crippen LogP contribution in [0.15, 0.2) is 77.3 Å². The molecule has 0 radical (unpaired) electrons.